The maximum atomic E-state index is 12.3. The fraction of sp³-hybridized carbons (Fsp3) is 0.897. The van der Waals surface area contributed by atoms with Gasteiger partial charge >= 0.3 is 11.9 Å². The molecule has 0 aromatic heterocycles. The zero-order valence-corrected chi connectivity index (χ0v) is 24.1. The molecule has 36 heavy (non-hydrogen) atoms. The molecule has 7 nitrogen and oxygen atoms in total. The van der Waals surface area contributed by atoms with Gasteiger partial charge in [-0.05, 0) is 25.8 Å². The van der Waals surface area contributed by atoms with E-state index in [2.05, 4.69) is 24.5 Å². The molecule has 1 atom stereocenters. The second kappa shape index (κ2) is 22.6. The van der Waals surface area contributed by atoms with Crippen molar-refractivity contribution < 1.29 is 23.9 Å². The summed E-state index contributed by atoms with van der Waals surface area (Å²) in [5, 5.41) is 5.70. The first-order chi connectivity index (χ1) is 17.2. The van der Waals surface area contributed by atoms with E-state index >= 15 is 0 Å². The number of carbonyl (C=O) groups excluding carboxylic acids is 3. The second-order valence-electron chi connectivity index (χ2n) is 10.9. The summed E-state index contributed by atoms with van der Waals surface area (Å²) in [4.78, 5) is 36.2. The van der Waals surface area contributed by atoms with Crippen LogP contribution in [0.2, 0.25) is 0 Å². The summed E-state index contributed by atoms with van der Waals surface area (Å²) in [5.74, 6) is -0.255. The first-order valence-corrected chi connectivity index (χ1v) is 14.5. The van der Waals surface area contributed by atoms with Gasteiger partial charge in [-0.15, -0.1) is 0 Å². The molecule has 1 amide bonds. The fourth-order valence-electron chi connectivity index (χ4n) is 4.09. The SMILES string of the molecule is CCCCCCCCC(CCCCCC)COC(=O)CCNC(=O)CC(C)(C)COC(=O)CCNC. The zero-order chi connectivity index (χ0) is 27.1. The van der Waals surface area contributed by atoms with Crippen LogP contribution >= 0.6 is 0 Å². The van der Waals surface area contributed by atoms with Gasteiger partial charge in [-0.3, -0.25) is 14.4 Å². The van der Waals surface area contributed by atoms with Gasteiger partial charge in [0.05, 0.1) is 26.1 Å². The Morgan fingerprint density at radius 3 is 1.89 bits per heavy atom. The van der Waals surface area contributed by atoms with E-state index < -0.39 is 5.41 Å². The highest BCUT2D eigenvalue weighted by Gasteiger charge is 2.24. The van der Waals surface area contributed by atoms with Crippen molar-refractivity contribution in [2.45, 2.75) is 124 Å². The quantitative estimate of drug-likeness (QED) is 0.123. The van der Waals surface area contributed by atoms with Gasteiger partial charge < -0.3 is 20.1 Å². The zero-order valence-electron chi connectivity index (χ0n) is 24.1. The van der Waals surface area contributed by atoms with Crippen LogP contribution in [-0.2, 0) is 23.9 Å². The minimum Gasteiger partial charge on any atom is -0.465 e. The number of hydrogen-bond acceptors (Lipinski definition) is 6. The highest BCUT2D eigenvalue weighted by Crippen LogP contribution is 2.21. The van der Waals surface area contributed by atoms with Crippen LogP contribution in [-0.4, -0.2) is 51.2 Å². The number of hydrogen-bond donors (Lipinski definition) is 2. The maximum absolute atomic E-state index is 12.3. The summed E-state index contributed by atoms with van der Waals surface area (Å²) >= 11 is 0. The van der Waals surface area contributed by atoms with Crippen LogP contribution < -0.4 is 10.6 Å². The van der Waals surface area contributed by atoms with Crippen LogP contribution in [0.25, 0.3) is 0 Å². The Morgan fingerprint density at radius 1 is 0.750 bits per heavy atom. The third-order valence-corrected chi connectivity index (χ3v) is 6.41. The number of unbranched alkanes of at least 4 members (excludes halogenated alkanes) is 8. The van der Waals surface area contributed by atoms with Gasteiger partial charge in [-0.1, -0.05) is 91.9 Å². The second-order valence-corrected chi connectivity index (χ2v) is 10.9. The molecular weight excluding hydrogens is 456 g/mol. The molecule has 0 saturated heterocycles. The van der Waals surface area contributed by atoms with E-state index in [1.807, 2.05) is 13.8 Å². The normalized spacial score (nSPS) is 12.2. The monoisotopic (exact) mass is 512 g/mol. The standard InChI is InChI=1S/C29H56N2O5/c1-6-8-10-12-13-15-17-25(16-14-11-9-7-2)23-35-27(33)19-21-31-26(32)22-29(3,4)24-36-28(34)18-20-30-5/h25,30H,6-24H2,1-5H3,(H,31,32). The summed E-state index contributed by atoms with van der Waals surface area (Å²) in [5.41, 5.74) is -0.471. The first-order valence-electron chi connectivity index (χ1n) is 14.5. The number of rotatable bonds is 24. The molecule has 0 aliphatic rings. The number of nitrogens with one attached hydrogen (secondary N) is 2. The van der Waals surface area contributed by atoms with Gasteiger partial charge in [-0.2, -0.15) is 0 Å². The summed E-state index contributed by atoms with van der Waals surface area (Å²) in [6.45, 7) is 9.72. The Morgan fingerprint density at radius 2 is 1.28 bits per heavy atom. The summed E-state index contributed by atoms with van der Waals surface area (Å²) in [6.07, 6.45) is 15.5. The van der Waals surface area contributed by atoms with E-state index in [-0.39, 0.29) is 43.8 Å². The molecule has 0 saturated carbocycles. The van der Waals surface area contributed by atoms with Gasteiger partial charge in [0.15, 0.2) is 0 Å². The Balaban J connectivity index is 4.22. The van der Waals surface area contributed by atoms with Crippen molar-refractivity contribution in [2.24, 2.45) is 11.3 Å². The minimum absolute atomic E-state index is 0.157. The van der Waals surface area contributed by atoms with Crippen molar-refractivity contribution in [3.05, 3.63) is 0 Å². The fourth-order valence-corrected chi connectivity index (χ4v) is 4.09. The van der Waals surface area contributed by atoms with Crippen LogP contribution in [0.1, 0.15) is 124 Å². The van der Waals surface area contributed by atoms with Gasteiger partial charge in [0.1, 0.15) is 0 Å². The predicted molar refractivity (Wildman–Crippen MR) is 147 cm³/mol. The van der Waals surface area contributed by atoms with Crippen molar-refractivity contribution in [1.82, 2.24) is 10.6 Å². The van der Waals surface area contributed by atoms with E-state index in [9.17, 15) is 14.4 Å². The number of ether oxygens (including phenoxy) is 2. The molecule has 7 heteroatoms. The highest BCUT2D eigenvalue weighted by atomic mass is 16.5. The summed E-state index contributed by atoms with van der Waals surface area (Å²) in [6, 6.07) is 0. The third-order valence-electron chi connectivity index (χ3n) is 6.41. The molecule has 0 rings (SSSR count). The maximum Gasteiger partial charge on any atom is 0.307 e. The predicted octanol–water partition coefficient (Wildman–Crippen LogP) is 5.94. The topological polar surface area (TPSA) is 93.7 Å². The minimum atomic E-state index is -0.471. The van der Waals surface area contributed by atoms with Crippen LogP contribution in [0.4, 0.5) is 0 Å². The van der Waals surface area contributed by atoms with E-state index in [1.54, 1.807) is 7.05 Å². The van der Waals surface area contributed by atoms with Gasteiger partial charge in [0.2, 0.25) is 5.91 Å². The lowest BCUT2D eigenvalue weighted by atomic mass is 9.90. The van der Waals surface area contributed by atoms with Crippen molar-refractivity contribution >= 4 is 17.8 Å². The molecule has 0 spiro atoms. The molecule has 0 heterocycles. The Kier molecular flexibility index (Phi) is 21.5. The smallest absolute Gasteiger partial charge is 0.307 e. The van der Waals surface area contributed by atoms with Crippen LogP contribution in [0.3, 0.4) is 0 Å². The molecule has 0 aliphatic carbocycles. The molecular formula is C29H56N2O5. The van der Waals surface area contributed by atoms with Crippen LogP contribution in [0, 0.1) is 11.3 Å². The van der Waals surface area contributed by atoms with Gasteiger partial charge in [-0.25, -0.2) is 0 Å². The van der Waals surface area contributed by atoms with Crippen LogP contribution in [0.15, 0.2) is 0 Å². The molecule has 0 bridgehead atoms. The Bertz CT molecular complexity index is 580. The number of esters is 2. The molecule has 0 radical (unpaired) electrons. The largest absolute Gasteiger partial charge is 0.465 e. The highest BCUT2D eigenvalue weighted by molar-refractivity contribution is 5.77. The average Bonchev–Trinajstić information content (AvgIpc) is 2.83. The van der Waals surface area contributed by atoms with Crippen molar-refractivity contribution in [2.75, 3.05) is 33.4 Å². The lowest BCUT2D eigenvalue weighted by molar-refractivity contribution is -0.148. The van der Waals surface area contributed by atoms with E-state index in [4.69, 9.17) is 9.47 Å². The molecule has 212 valence electrons. The van der Waals surface area contributed by atoms with Crippen molar-refractivity contribution in [1.29, 1.82) is 0 Å². The van der Waals surface area contributed by atoms with E-state index in [0.29, 0.717) is 25.5 Å². The molecule has 0 aromatic carbocycles. The third kappa shape index (κ3) is 21.6. The molecule has 0 aliphatic heterocycles. The van der Waals surface area contributed by atoms with Gasteiger partial charge in [0, 0.05) is 24.9 Å². The summed E-state index contributed by atoms with van der Waals surface area (Å²) < 4.78 is 10.9. The van der Waals surface area contributed by atoms with E-state index in [1.165, 1.54) is 64.2 Å². The molecule has 2 N–H and O–H groups in total. The molecule has 0 aromatic rings. The first kappa shape index (κ1) is 34.4. The van der Waals surface area contributed by atoms with Gasteiger partial charge in [0.25, 0.3) is 0 Å². The van der Waals surface area contributed by atoms with Crippen LogP contribution in [0.5, 0.6) is 0 Å². The number of amides is 1. The Hall–Kier alpha value is -1.63. The van der Waals surface area contributed by atoms with Crippen molar-refractivity contribution in [3.63, 3.8) is 0 Å². The number of carbonyl (C=O) groups is 3. The molecule has 1 unspecified atom stereocenters. The summed E-state index contributed by atoms with van der Waals surface area (Å²) in [7, 11) is 1.78. The lowest BCUT2D eigenvalue weighted by Crippen LogP contribution is -2.33. The lowest BCUT2D eigenvalue weighted by Gasteiger charge is -2.23. The Labute approximate surface area is 221 Å². The van der Waals surface area contributed by atoms with Crippen molar-refractivity contribution in [3.8, 4) is 0 Å². The van der Waals surface area contributed by atoms with E-state index in [0.717, 1.165) is 12.8 Å². The average molecular weight is 513 g/mol. The molecule has 0 fully saturated rings.